The van der Waals surface area contributed by atoms with Crippen LogP contribution in [-0.2, 0) is 20.7 Å². The molecule has 160 valence electrons. The van der Waals surface area contributed by atoms with Crippen LogP contribution in [0.3, 0.4) is 0 Å². The zero-order chi connectivity index (χ0) is 22.4. The molecular weight excluding hydrogens is 386 g/mol. The van der Waals surface area contributed by atoms with Crippen molar-refractivity contribution in [3.8, 4) is 0 Å². The first-order valence-electron chi connectivity index (χ1n) is 10.5. The van der Waals surface area contributed by atoms with Gasteiger partial charge in [-0.2, -0.15) is 0 Å². The standard InChI is InChI=1S/C27H29NO3/c1-19-17-20(2)25(21(3)18-19)26(27(30)28(4)23-13-9-6-10-14-23)31-24(29)16-15-22-11-7-5-8-12-22/h5-14,17-18,26H,15-16H2,1-4H3/t26-/m0/s1. The number of rotatable bonds is 7. The predicted octanol–water partition coefficient (Wildman–Crippen LogP) is 5.49. The third-order valence-corrected chi connectivity index (χ3v) is 5.41. The Labute approximate surface area is 184 Å². The van der Waals surface area contributed by atoms with Crippen molar-refractivity contribution in [3.63, 3.8) is 0 Å². The molecule has 0 unspecified atom stereocenters. The molecule has 0 aromatic heterocycles. The normalized spacial score (nSPS) is 11.6. The first-order chi connectivity index (χ1) is 14.9. The lowest BCUT2D eigenvalue weighted by molar-refractivity contribution is -0.155. The summed E-state index contributed by atoms with van der Waals surface area (Å²) in [6, 6.07) is 23.2. The Morgan fingerprint density at radius 2 is 1.42 bits per heavy atom. The molecule has 4 heteroatoms. The smallest absolute Gasteiger partial charge is 0.307 e. The largest absolute Gasteiger partial charge is 0.447 e. The van der Waals surface area contributed by atoms with Crippen LogP contribution in [0.1, 0.15) is 40.3 Å². The van der Waals surface area contributed by atoms with E-state index in [9.17, 15) is 9.59 Å². The molecule has 0 aliphatic heterocycles. The third kappa shape index (κ3) is 5.60. The van der Waals surface area contributed by atoms with Crippen LogP contribution in [-0.4, -0.2) is 18.9 Å². The van der Waals surface area contributed by atoms with Gasteiger partial charge in [-0.25, -0.2) is 0 Å². The van der Waals surface area contributed by atoms with Crippen LogP contribution in [0.2, 0.25) is 0 Å². The fourth-order valence-corrected chi connectivity index (χ4v) is 3.87. The third-order valence-electron chi connectivity index (χ3n) is 5.41. The SMILES string of the molecule is Cc1cc(C)c([C@H](OC(=O)CCc2ccccc2)C(=O)N(C)c2ccccc2)c(C)c1. The molecule has 3 rings (SSSR count). The second-order valence-corrected chi connectivity index (χ2v) is 7.90. The highest BCUT2D eigenvalue weighted by Crippen LogP contribution is 2.30. The summed E-state index contributed by atoms with van der Waals surface area (Å²) in [5.41, 5.74) is 5.55. The van der Waals surface area contributed by atoms with Crippen molar-refractivity contribution < 1.29 is 14.3 Å². The molecule has 31 heavy (non-hydrogen) atoms. The number of benzene rings is 3. The van der Waals surface area contributed by atoms with Crippen LogP contribution in [0.5, 0.6) is 0 Å². The summed E-state index contributed by atoms with van der Waals surface area (Å²) in [5, 5.41) is 0. The second-order valence-electron chi connectivity index (χ2n) is 7.90. The van der Waals surface area contributed by atoms with Gasteiger partial charge in [-0.3, -0.25) is 9.59 Å². The molecule has 0 fully saturated rings. The molecule has 0 aliphatic rings. The van der Waals surface area contributed by atoms with Gasteiger partial charge in [-0.05, 0) is 56.0 Å². The molecule has 1 amide bonds. The molecule has 4 nitrogen and oxygen atoms in total. The number of para-hydroxylation sites is 1. The van der Waals surface area contributed by atoms with Crippen LogP contribution in [0, 0.1) is 20.8 Å². The van der Waals surface area contributed by atoms with Crippen LogP contribution in [0.4, 0.5) is 5.69 Å². The fraction of sp³-hybridized carbons (Fsp3) is 0.259. The van der Waals surface area contributed by atoms with E-state index in [4.69, 9.17) is 4.74 Å². The Morgan fingerprint density at radius 3 is 2.00 bits per heavy atom. The molecule has 0 heterocycles. The van der Waals surface area contributed by atoms with E-state index in [1.807, 2.05) is 93.6 Å². The summed E-state index contributed by atoms with van der Waals surface area (Å²) >= 11 is 0. The number of aryl methyl sites for hydroxylation is 4. The first-order valence-corrected chi connectivity index (χ1v) is 10.5. The van der Waals surface area contributed by atoms with Crippen molar-refractivity contribution in [2.24, 2.45) is 0 Å². The quantitative estimate of drug-likeness (QED) is 0.479. The first kappa shape index (κ1) is 22.3. The van der Waals surface area contributed by atoms with Crippen LogP contribution in [0.25, 0.3) is 0 Å². The number of hydrogen-bond donors (Lipinski definition) is 0. The van der Waals surface area contributed by atoms with Crippen molar-refractivity contribution >= 4 is 17.6 Å². The van der Waals surface area contributed by atoms with E-state index in [-0.39, 0.29) is 18.3 Å². The fourth-order valence-electron chi connectivity index (χ4n) is 3.87. The van der Waals surface area contributed by atoms with E-state index in [0.717, 1.165) is 33.5 Å². The molecule has 0 saturated carbocycles. The molecule has 0 bridgehead atoms. The number of hydrogen-bond acceptors (Lipinski definition) is 3. The lowest BCUT2D eigenvalue weighted by atomic mass is 9.94. The van der Waals surface area contributed by atoms with E-state index in [2.05, 4.69) is 0 Å². The number of carbonyl (C=O) groups is 2. The molecule has 1 atom stereocenters. The maximum Gasteiger partial charge on any atom is 0.307 e. The van der Waals surface area contributed by atoms with Gasteiger partial charge < -0.3 is 9.64 Å². The Morgan fingerprint density at radius 1 is 0.871 bits per heavy atom. The summed E-state index contributed by atoms with van der Waals surface area (Å²) in [6.07, 6.45) is -0.206. The highest BCUT2D eigenvalue weighted by atomic mass is 16.5. The van der Waals surface area contributed by atoms with Gasteiger partial charge in [0, 0.05) is 24.7 Å². The number of likely N-dealkylation sites (N-methyl/N-ethyl adjacent to an activating group) is 1. The number of esters is 1. The van der Waals surface area contributed by atoms with E-state index in [1.165, 1.54) is 0 Å². The number of amides is 1. The van der Waals surface area contributed by atoms with Gasteiger partial charge >= 0.3 is 5.97 Å². The monoisotopic (exact) mass is 415 g/mol. The Hall–Kier alpha value is -3.40. The van der Waals surface area contributed by atoms with Crippen molar-refractivity contribution in [1.82, 2.24) is 0 Å². The molecule has 0 radical (unpaired) electrons. The van der Waals surface area contributed by atoms with Gasteiger partial charge in [0.2, 0.25) is 6.10 Å². The lowest BCUT2D eigenvalue weighted by Crippen LogP contribution is -2.35. The average molecular weight is 416 g/mol. The predicted molar refractivity (Wildman–Crippen MR) is 124 cm³/mol. The van der Waals surface area contributed by atoms with Crippen LogP contribution in [0.15, 0.2) is 72.8 Å². The number of ether oxygens (including phenoxy) is 1. The number of nitrogens with zero attached hydrogens (tertiary/aromatic N) is 1. The summed E-state index contributed by atoms with van der Waals surface area (Å²) in [4.78, 5) is 27.8. The zero-order valence-electron chi connectivity index (χ0n) is 18.6. The van der Waals surface area contributed by atoms with Gasteiger partial charge in [-0.15, -0.1) is 0 Å². The Balaban J connectivity index is 1.87. The molecule has 3 aromatic rings. The number of carbonyl (C=O) groups excluding carboxylic acids is 2. The van der Waals surface area contributed by atoms with E-state index < -0.39 is 6.10 Å². The summed E-state index contributed by atoms with van der Waals surface area (Å²) in [7, 11) is 1.71. The van der Waals surface area contributed by atoms with Crippen molar-refractivity contribution in [1.29, 1.82) is 0 Å². The molecule has 0 spiro atoms. The molecule has 0 N–H and O–H groups in total. The Kier molecular flexibility index (Phi) is 7.24. The topological polar surface area (TPSA) is 46.6 Å². The average Bonchev–Trinajstić information content (AvgIpc) is 2.76. The summed E-state index contributed by atoms with van der Waals surface area (Å²) < 4.78 is 5.83. The number of anilines is 1. The highest BCUT2D eigenvalue weighted by molar-refractivity contribution is 5.98. The molecular formula is C27H29NO3. The summed E-state index contributed by atoms with van der Waals surface area (Å²) in [6.45, 7) is 5.93. The highest BCUT2D eigenvalue weighted by Gasteiger charge is 2.31. The van der Waals surface area contributed by atoms with Crippen LogP contribution >= 0.6 is 0 Å². The van der Waals surface area contributed by atoms with Gasteiger partial charge in [-0.1, -0.05) is 66.2 Å². The minimum atomic E-state index is -0.992. The second kappa shape index (κ2) is 10.1. The van der Waals surface area contributed by atoms with Crippen molar-refractivity contribution in [2.45, 2.75) is 39.7 Å². The van der Waals surface area contributed by atoms with Crippen molar-refractivity contribution in [2.75, 3.05) is 11.9 Å². The van der Waals surface area contributed by atoms with Crippen LogP contribution < -0.4 is 4.90 Å². The van der Waals surface area contributed by atoms with E-state index >= 15 is 0 Å². The molecule has 0 aliphatic carbocycles. The van der Waals surface area contributed by atoms with E-state index in [1.54, 1.807) is 11.9 Å². The minimum Gasteiger partial charge on any atom is -0.447 e. The lowest BCUT2D eigenvalue weighted by Gasteiger charge is -2.26. The molecule has 3 aromatic carbocycles. The zero-order valence-corrected chi connectivity index (χ0v) is 18.6. The van der Waals surface area contributed by atoms with Gasteiger partial charge in [0.1, 0.15) is 0 Å². The van der Waals surface area contributed by atoms with Gasteiger partial charge in [0.05, 0.1) is 0 Å². The van der Waals surface area contributed by atoms with Crippen molar-refractivity contribution in [3.05, 3.63) is 101 Å². The minimum absolute atomic E-state index is 0.215. The van der Waals surface area contributed by atoms with E-state index in [0.29, 0.717) is 6.42 Å². The van der Waals surface area contributed by atoms with Gasteiger partial charge in [0.15, 0.2) is 0 Å². The maximum atomic E-state index is 13.5. The summed E-state index contributed by atoms with van der Waals surface area (Å²) in [5.74, 6) is -0.655. The Bertz CT molecular complexity index is 1020. The van der Waals surface area contributed by atoms with Gasteiger partial charge in [0.25, 0.3) is 5.91 Å². The maximum absolute atomic E-state index is 13.5. The molecule has 0 saturated heterocycles.